The zero-order valence-corrected chi connectivity index (χ0v) is 11.4. The molecule has 2 aliphatic rings. The molecule has 0 unspecified atom stereocenters. The van der Waals surface area contributed by atoms with Crippen molar-refractivity contribution >= 4 is 0 Å². The first-order valence-electron chi connectivity index (χ1n) is 6.86. The topological polar surface area (TPSA) is 40.5 Å². The molecule has 0 aromatic carbocycles. The minimum absolute atomic E-state index is 0.105. The smallest absolute Gasteiger partial charge is 0.0645 e. The van der Waals surface area contributed by atoms with Crippen molar-refractivity contribution in [1.29, 1.82) is 0 Å². The van der Waals surface area contributed by atoms with Crippen molar-refractivity contribution in [2.24, 2.45) is 22.7 Å². The van der Waals surface area contributed by atoms with Crippen molar-refractivity contribution < 1.29 is 10.2 Å². The lowest BCUT2D eigenvalue weighted by Gasteiger charge is -2.56. The average Bonchev–Trinajstić information content (AvgIpc) is 2.26. The quantitative estimate of drug-likeness (QED) is 0.726. The molecule has 0 heterocycles. The van der Waals surface area contributed by atoms with Crippen LogP contribution in [-0.2, 0) is 0 Å². The predicted octanol–water partition coefficient (Wildman–Crippen LogP) is 2.75. The number of rotatable bonds is 2. The van der Waals surface area contributed by atoms with Crippen LogP contribution in [0.3, 0.4) is 0 Å². The Morgan fingerprint density at radius 2 is 1.94 bits per heavy atom. The van der Waals surface area contributed by atoms with E-state index in [-0.39, 0.29) is 24.5 Å². The summed E-state index contributed by atoms with van der Waals surface area (Å²) in [7, 11) is 0. The van der Waals surface area contributed by atoms with E-state index in [0.717, 1.165) is 12.0 Å². The molecule has 0 saturated heterocycles. The Labute approximate surface area is 105 Å². The zero-order valence-electron chi connectivity index (χ0n) is 11.4. The van der Waals surface area contributed by atoms with Gasteiger partial charge >= 0.3 is 0 Å². The Morgan fingerprint density at radius 3 is 2.53 bits per heavy atom. The van der Waals surface area contributed by atoms with E-state index in [0.29, 0.717) is 11.3 Å². The van der Waals surface area contributed by atoms with Crippen molar-refractivity contribution in [2.75, 3.05) is 13.2 Å². The number of allylic oxidation sites excluding steroid dienone is 1. The van der Waals surface area contributed by atoms with E-state index in [2.05, 4.69) is 26.8 Å². The van der Waals surface area contributed by atoms with E-state index in [1.54, 1.807) is 0 Å². The minimum atomic E-state index is 0.105. The van der Waals surface area contributed by atoms with Gasteiger partial charge in [0.15, 0.2) is 0 Å². The molecule has 2 N–H and O–H groups in total. The fourth-order valence-corrected chi connectivity index (χ4v) is 4.51. The summed E-state index contributed by atoms with van der Waals surface area (Å²) in [4.78, 5) is 0. The van der Waals surface area contributed by atoms with Gasteiger partial charge in [-0.25, -0.2) is 0 Å². The largest absolute Gasteiger partial charge is 0.396 e. The summed E-state index contributed by atoms with van der Waals surface area (Å²) in [5, 5.41) is 19.2. The van der Waals surface area contributed by atoms with Gasteiger partial charge in [0.1, 0.15) is 0 Å². The van der Waals surface area contributed by atoms with Crippen LogP contribution in [0.15, 0.2) is 11.6 Å². The van der Waals surface area contributed by atoms with Gasteiger partial charge in [0.05, 0.1) is 13.2 Å². The fraction of sp³-hybridized carbons (Fsp3) is 0.867. The highest BCUT2D eigenvalue weighted by Crippen LogP contribution is 2.59. The summed E-state index contributed by atoms with van der Waals surface area (Å²) in [5.74, 6) is 0.794. The van der Waals surface area contributed by atoms with Gasteiger partial charge in [-0.05, 0) is 41.6 Å². The maximum atomic E-state index is 9.71. The highest BCUT2D eigenvalue weighted by molar-refractivity contribution is 5.20. The molecule has 0 aromatic heterocycles. The summed E-state index contributed by atoms with van der Waals surface area (Å²) in [6.45, 7) is 7.33. The summed E-state index contributed by atoms with van der Waals surface area (Å²) in [5.41, 5.74) is 1.59. The Morgan fingerprint density at radius 1 is 1.24 bits per heavy atom. The second kappa shape index (κ2) is 4.40. The number of hydrogen-bond acceptors (Lipinski definition) is 2. The van der Waals surface area contributed by atoms with Crippen molar-refractivity contribution in [2.45, 2.75) is 46.5 Å². The van der Waals surface area contributed by atoms with E-state index >= 15 is 0 Å². The van der Waals surface area contributed by atoms with Crippen LogP contribution in [0.2, 0.25) is 0 Å². The second-order valence-corrected chi connectivity index (χ2v) is 6.81. The van der Waals surface area contributed by atoms with Gasteiger partial charge in [-0.1, -0.05) is 33.3 Å². The monoisotopic (exact) mass is 238 g/mol. The molecule has 1 saturated carbocycles. The predicted molar refractivity (Wildman–Crippen MR) is 69.6 cm³/mol. The van der Waals surface area contributed by atoms with Crippen LogP contribution in [0.25, 0.3) is 0 Å². The summed E-state index contributed by atoms with van der Waals surface area (Å²) in [6.07, 6.45) is 6.96. The molecule has 3 atom stereocenters. The Hall–Kier alpha value is -0.340. The first-order valence-corrected chi connectivity index (χ1v) is 6.86. The lowest BCUT2D eigenvalue weighted by atomic mass is 9.49. The average molecular weight is 238 g/mol. The van der Waals surface area contributed by atoms with E-state index in [1.165, 1.54) is 19.3 Å². The maximum absolute atomic E-state index is 9.71. The van der Waals surface area contributed by atoms with Gasteiger partial charge < -0.3 is 10.2 Å². The van der Waals surface area contributed by atoms with E-state index in [4.69, 9.17) is 0 Å². The van der Waals surface area contributed by atoms with Crippen LogP contribution >= 0.6 is 0 Å². The highest BCUT2D eigenvalue weighted by atomic mass is 16.3. The van der Waals surface area contributed by atoms with E-state index in [1.807, 2.05) is 0 Å². The highest BCUT2D eigenvalue weighted by Gasteiger charge is 2.51. The molecule has 17 heavy (non-hydrogen) atoms. The third kappa shape index (κ3) is 1.96. The molecule has 0 radical (unpaired) electrons. The molecule has 1 fully saturated rings. The molecular weight excluding hydrogens is 212 g/mol. The van der Waals surface area contributed by atoms with Crippen LogP contribution in [0.4, 0.5) is 0 Å². The maximum Gasteiger partial charge on any atom is 0.0645 e. The standard InChI is InChI=1S/C15H26O2/c1-14(2)7-4-8-15(3)12(10-17)11(9-16)5-6-13(14)15/h5,12-13,16-17H,4,6-10H2,1-3H3/t12-,13-,15-/m0/s1. The first-order chi connectivity index (χ1) is 7.95. The minimum Gasteiger partial charge on any atom is -0.396 e. The van der Waals surface area contributed by atoms with Crippen LogP contribution in [-0.4, -0.2) is 23.4 Å². The third-order valence-electron chi connectivity index (χ3n) is 5.50. The second-order valence-electron chi connectivity index (χ2n) is 6.81. The van der Waals surface area contributed by atoms with Crippen LogP contribution in [0.1, 0.15) is 46.5 Å². The van der Waals surface area contributed by atoms with Crippen molar-refractivity contribution in [1.82, 2.24) is 0 Å². The van der Waals surface area contributed by atoms with Crippen molar-refractivity contribution in [3.8, 4) is 0 Å². The van der Waals surface area contributed by atoms with Gasteiger partial charge in [0.25, 0.3) is 0 Å². The Kier molecular flexibility index (Phi) is 3.39. The molecule has 0 aromatic rings. The molecule has 0 amide bonds. The lowest BCUT2D eigenvalue weighted by molar-refractivity contribution is -0.0539. The molecule has 2 nitrogen and oxygen atoms in total. The molecule has 2 aliphatic carbocycles. The van der Waals surface area contributed by atoms with Gasteiger partial charge in [0.2, 0.25) is 0 Å². The zero-order chi connectivity index (χ0) is 12.7. The molecule has 2 rings (SSSR count). The van der Waals surface area contributed by atoms with Crippen LogP contribution < -0.4 is 0 Å². The summed E-state index contributed by atoms with van der Waals surface area (Å²) in [6, 6.07) is 0. The van der Waals surface area contributed by atoms with Gasteiger partial charge in [0, 0.05) is 5.92 Å². The summed E-state index contributed by atoms with van der Waals surface area (Å²) < 4.78 is 0. The van der Waals surface area contributed by atoms with Crippen molar-refractivity contribution in [3.05, 3.63) is 11.6 Å². The summed E-state index contributed by atoms with van der Waals surface area (Å²) >= 11 is 0. The Balaban J connectivity index is 2.38. The van der Waals surface area contributed by atoms with Gasteiger partial charge in [-0.2, -0.15) is 0 Å². The molecular formula is C15H26O2. The van der Waals surface area contributed by atoms with E-state index in [9.17, 15) is 10.2 Å². The molecule has 0 bridgehead atoms. The van der Waals surface area contributed by atoms with E-state index < -0.39 is 0 Å². The molecule has 0 spiro atoms. The first kappa shape index (κ1) is 13.1. The van der Waals surface area contributed by atoms with Crippen molar-refractivity contribution in [3.63, 3.8) is 0 Å². The third-order valence-corrected chi connectivity index (χ3v) is 5.50. The van der Waals surface area contributed by atoms with Crippen LogP contribution in [0.5, 0.6) is 0 Å². The lowest BCUT2D eigenvalue weighted by Crippen LogP contribution is -2.50. The molecule has 98 valence electrons. The Bertz CT molecular complexity index is 319. The molecule has 2 heteroatoms. The number of fused-ring (bicyclic) bond motifs is 1. The SMILES string of the molecule is CC1(C)CCC[C@@]2(C)[C@@H](CO)C(CO)=CC[C@@H]12. The van der Waals surface area contributed by atoms with Gasteiger partial charge in [-0.15, -0.1) is 0 Å². The number of aliphatic hydroxyl groups is 2. The number of hydrogen-bond donors (Lipinski definition) is 2. The normalized spacial score (nSPS) is 40.6. The van der Waals surface area contributed by atoms with Crippen LogP contribution in [0, 0.1) is 22.7 Å². The molecule has 0 aliphatic heterocycles. The van der Waals surface area contributed by atoms with Gasteiger partial charge in [-0.3, -0.25) is 0 Å². The number of aliphatic hydroxyl groups excluding tert-OH is 2. The fourth-order valence-electron chi connectivity index (χ4n) is 4.51.